The van der Waals surface area contributed by atoms with Crippen LogP contribution in [0.25, 0.3) is 0 Å². The molecule has 19 heavy (non-hydrogen) atoms. The van der Waals surface area contributed by atoms with Crippen LogP contribution in [-0.2, 0) is 11.2 Å². The summed E-state index contributed by atoms with van der Waals surface area (Å²) in [4.78, 5) is 4.67. The van der Waals surface area contributed by atoms with Crippen LogP contribution in [0, 0.1) is 24.2 Å². The SMILES string of the molecule is COCCNCC1(Cc2csc(C)n2)CC2CC2C1. The van der Waals surface area contributed by atoms with E-state index in [9.17, 15) is 0 Å². The van der Waals surface area contributed by atoms with Gasteiger partial charge in [-0.1, -0.05) is 0 Å². The summed E-state index contributed by atoms with van der Waals surface area (Å²) in [5.41, 5.74) is 1.76. The van der Waals surface area contributed by atoms with Gasteiger partial charge in [0.2, 0.25) is 0 Å². The molecule has 1 heterocycles. The van der Waals surface area contributed by atoms with Crippen molar-refractivity contribution in [3.8, 4) is 0 Å². The van der Waals surface area contributed by atoms with E-state index >= 15 is 0 Å². The van der Waals surface area contributed by atoms with Crippen LogP contribution in [0.5, 0.6) is 0 Å². The number of fused-ring (bicyclic) bond motifs is 1. The number of aromatic nitrogens is 1. The highest BCUT2D eigenvalue weighted by Gasteiger charge is 2.53. The summed E-state index contributed by atoms with van der Waals surface area (Å²) in [6.07, 6.45) is 5.43. The Morgan fingerprint density at radius 3 is 2.89 bits per heavy atom. The molecule has 0 spiro atoms. The predicted molar refractivity (Wildman–Crippen MR) is 78.6 cm³/mol. The van der Waals surface area contributed by atoms with Crippen molar-refractivity contribution < 1.29 is 4.74 Å². The van der Waals surface area contributed by atoms with E-state index in [0.717, 1.165) is 38.0 Å². The van der Waals surface area contributed by atoms with Crippen LogP contribution < -0.4 is 5.32 Å². The molecule has 0 aromatic carbocycles. The van der Waals surface area contributed by atoms with Gasteiger partial charge >= 0.3 is 0 Å². The number of nitrogens with one attached hydrogen (secondary N) is 1. The van der Waals surface area contributed by atoms with Gasteiger partial charge in [0.25, 0.3) is 0 Å². The van der Waals surface area contributed by atoms with E-state index in [1.165, 1.54) is 30.0 Å². The van der Waals surface area contributed by atoms with Crippen LogP contribution >= 0.6 is 11.3 Å². The van der Waals surface area contributed by atoms with Crippen molar-refractivity contribution in [2.45, 2.75) is 32.6 Å². The standard InChI is InChI=1S/C15H24N2OS/c1-11-17-14(9-19-11)8-15(10-16-3-4-18-2)6-12-5-13(12)7-15/h9,12-13,16H,3-8,10H2,1-2H3. The maximum Gasteiger partial charge on any atom is 0.0897 e. The third-order valence-corrected chi connectivity index (χ3v) is 5.49. The zero-order valence-electron chi connectivity index (χ0n) is 11.9. The van der Waals surface area contributed by atoms with E-state index in [4.69, 9.17) is 4.74 Å². The highest BCUT2D eigenvalue weighted by Crippen LogP contribution is 2.60. The lowest BCUT2D eigenvalue weighted by Crippen LogP contribution is -2.36. The molecule has 3 rings (SSSR count). The summed E-state index contributed by atoms with van der Waals surface area (Å²) in [5, 5.41) is 7.03. The largest absolute Gasteiger partial charge is 0.383 e. The highest BCUT2D eigenvalue weighted by molar-refractivity contribution is 7.09. The molecule has 0 amide bonds. The average Bonchev–Trinajstić information content (AvgIpc) is 2.81. The van der Waals surface area contributed by atoms with E-state index in [1.807, 2.05) is 0 Å². The van der Waals surface area contributed by atoms with Gasteiger partial charge in [0, 0.05) is 25.6 Å². The quantitative estimate of drug-likeness (QED) is 0.780. The van der Waals surface area contributed by atoms with Gasteiger partial charge in [-0.2, -0.15) is 0 Å². The number of rotatable bonds is 7. The van der Waals surface area contributed by atoms with Crippen LogP contribution in [0.1, 0.15) is 30.0 Å². The van der Waals surface area contributed by atoms with Gasteiger partial charge in [-0.15, -0.1) is 11.3 Å². The topological polar surface area (TPSA) is 34.1 Å². The van der Waals surface area contributed by atoms with Crippen molar-refractivity contribution in [3.63, 3.8) is 0 Å². The fourth-order valence-electron chi connectivity index (χ4n) is 3.76. The van der Waals surface area contributed by atoms with Crippen molar-refractivity contribution in [2.24, 2.45) is 17.3 Å². The average molecular weight is 280 g/mol. The molecule has 1 N–H and O–H groups in total. The number of nitrogens with zero attached hydrogens (tertiary/aromatic N) is 1. The summed E-state index contributed by atoms with van der Waals surface area (Å²) in [5.74, 6) is 2.04. The van der Waals surface area contributed by atoms with Gasteiger partial charge in [0.1, 0.15) is 0 Å². The van der Waals surface area contributed by atoms with Crippen LogP contribution in [0.15, 0.2) is 5.38 Å². The van der Waals surface area contributed by atoms with E-state index in [-0.39, 0.29) is 0 Å². The Balaban J connectivity index is 1.60. The smallest absolute Gasteiger partial charge is 0.0897 e. The molecular formula is C15H24N2OS. The van der Waals surface area contributed by atoms with Gasteiger partial charge in [-0.05, 0) is 49.9 Å². The Kier molecular flexibility index (Phi) is 3.92. The molecule has 0 saturated heterocycles. The van der Waals surface area contributed by atoms with E-state index in [0.29, 0.717) is 5.41 Å². The van der Waals surface area contributed by atoms with Gasteiger partial charge in [0.05, 0.1) is 17.3 Å². The fourth-order valence-corrected chi connectivity index (χ4v) is 4.37. The first-order chi connectivity index (χ1) is 9.21. The monoisotopic (exact) mass is 280 g/mol. The maximum atomic E-state index is 5.12. The lowest BCUT2D eigenvalue weighted by atomic mass is 9.78. The lowest BCUT2D eigenvalue weighted by Gasteiger charge is -2.30. The normalized spacial score (nSPS) is 32.5. The molecule has 0 bridgehead atoms. The van der Waals surface area contributed by atoms with Crippen LogP contribution in [-0.4, -0.2) is 31.8 Å². The molecule has 2 aliphatic carbocycles. The van der Waals surface area contributed by atoms with Gasteiger partial charge < -0.3 is 10.1 Å². The van der Waals surface area contributed by atoms with Crippen LogP contribution in [0.2, 0.25) is 0 Å². The molecule has 3 nitrogen and oxygen atoms in total. The van der Waals surface area contributed by atoms with Crippen molar-refractivity contribution in [2.75, 3.05) is 26.8 Å². The molecule has 1 aromatic rings. The Labute approximate surface area is 119 Å². The van der Waals surface area contributed by atoms with Gasteiger partial charge in [0.15, 0.2) is 0 Å². The van der Waals surface area contributed by atoms with Gasteiger partial charge in [-0.25, -0.2) is 4.98 Å². The summed E-state index contributed by atoms with van der Waals surface area (Å²) in [6.45, 7) is 4.99. The molecule has 106 valence electrons. The van der Waals surface area contributed by atoms with E-state index < -0.39 is 0 Å². The molecule has 2 unspecified atom stereocenters. The maximum absolute atomic E-state index is 5.12. The van der Waals surface area contributed by atoms with Crippen molar-refractivity contribution in [1.82, 2.24) is 10.3 Å². The molecular weight excluding hydrogens is 256 g/mol. The third kappa shape index (κ3) is 3.18. The number of methoxy groups -OCH3 is 1. The Hall–Kier alpha value is -0.450. The Bertz CT molecular complexity index is 422. The molecule has 2 fully saturated rings. The number of thiazole rings is 1. The molecule has 2 atom stereocenters. The Morgan fingerprint density at radius 1 is 1.47 bits per heavy atom. The first kappa shape index (κ1) is 13.5. The predicted octanol–water partition coefficient (Wildman–Crippen LogP) is 2.65. The number of aryl methyl sites for hydroxylation is 1. The second-order valence-electron chi connectivity index (χ2n) is 6.37. The first-order valence-electron chi connectivity index (χ1n) is 7.31. The third-order valence-electron chi connectivity index (χ3n) is 4.67. The van der Waals surface area contributed by atoms with Crippen LogP contribution in [0.4, 0.5) is 0 Å². The number of hydrogen-bond donors (Lipinski definition) is 1. The molecule has 0 aliphatic heterocycles. The minimum atomic E-state index is 0.460. The number of hydrogen-bond acceptors (Lipinski definition) is 4. The van der Waals surface area contributed by atoms with Crippen molar-refractivity contribution in [1.29, 1.82) is 0 Å². The van der Waals surface area contributed by atoms with E-state index in [1.54, 1.807) is 18.4 Å². The molecule has 2 saturated carbocycles. The molecule has 1 aromatic heterocycles. The summed E-state index contributed by atoms with van der Waals surface area (Å²) in [6, 6.07) is 0. The second-order valence-corrected chi connectivity index (χ2v) is 7.43. The lowest BCUT2D eigenvalue weighted by molar-refractivity contribution is 0.186. The zero-order valence-corrected chi connectivity index (χ0v) is 12.8. The van der Waals surface area contributed by atoms with Crippen molar-refractivity contribution in [3.05, 3.63) is 16.1 Å². The molecule has 4 heteroatoms. The number of ether oxygens (including phenoxy) is 1. The summed E-state index contributed by atoms with van der Waals surface area (Å²) >= 11 is 1.78. The molecule has 0 radical (unpaired) electrons. The van der Waals surface area contributed by atoms with Crippen molar-refractivity contribution >= 4 is 11.3 Å². The Morgan fingerprint density at radius 2 is 2.26 bits per heavy atom. The van der Waals surface area contributed by atoms with Crippen LogP contribution in [0.3, 0.4) is 0 Å². The molecule has 2 aliphatic rings. The second kappa shape index (κ2) is 5.51. The summed E-state index contributed by atoms with van der Waals surface area (Å²) in [7, 11) is 1.76. The highest BCUT2D eigenvalue weighted by atomic mass is 32.1. The fraction of sp³-hybridized carbons (Fsp3) is 0.800. The minimum Gasteiger partial charge on any atom is -0.383 e. The van der Waals surface area contributed by atoms with Gasteiger partial charge in [-0.3, -0.25) is 0 Å². The minimum absolute atomic E-state index is 0.460. The van der Waals surface area contributed by atoms with E-state index in [2.05, 4.69) is 22.6 Å². The first-order valence-corrected chi connectivity index (χ1v) is 8.19. The zero-order chi connectivity index (χ0) is 13.3. The summed E-state index contributed by atoms with van der Waals surface area (Å²) < 4.78 is 5.12.